The minimum absolute atomic E-state index is 0.310. The lowest BCUT2D eigenvalue weighted by Gasteiger charge is -2.21. The van der Waals surface area contributed by atoms with E-state index in [2.05, 4.69) is 0 Å². The van der Waals surface area contributed by atoms with Crippen LogP contribution in [0.4, 0.5) is 0 Å². The third kappa shape index (κ3) is 0.944. The smallest absolute Gasteiger partial charge is 0.0872 e. The monoisotopic (exact) mass is 143 g/mol. The van der Waals surface area contributed by atoms with E-state index >= 15 is 0 Å². The Morgan fingerprint density at radius 3 is 2.90 bits per heavy atom. The fourth-order valence-electron chi connectivity index (χ4n) is 1.67. The molecule has 0 spiro atoms. The quantitative estimate of drug-likeness (QED) is 0.523. The Morgan fingerprint density at radius 1 is 1.70 bits per heavy atom. The van der Waals surface area contributed by atoms with Crippen LogP contribution in [0.25, 0.3) is 0 Å². The number of nitrogens with two attached hydrogens (primary N) is 1. The third-order valence-electron chi connectivity index (χ3n) is 2.47. The number of aliphatic hydroxyl groups excluding tert-OH is 1. The Morgan fingerprint density at radius 2 is 2.50 bits per heavy atom. The molecule has 0 aromatic rings. The van der Waals surface area contributed by atoms with Gasteiger partial charge in [0.2, 0.25) is 0 Å². The van der Waals surface area contributed by atoms with Crippen LogP contribution in [-0.4, -0.2) is 30.0 Å². The number of hydrogen-bond acceptors (Lipinski definition) is 3. The van der Waals surface area contributed by atoms with Gasteiger partial charge in [-0.25, -0.2) is 0 Å². The average molecular weight is 143 g/mol. The molecule has 1 saturated carbocycles. The number of rotatable bonds is 3. The molecule has 1 heterocycles. The van der Waals surface area contributed by atoms with Crippen LogP contribution in [0.15, 0.2) is 0 Å². The Hall–Kier alpha value is -0.120. The minimum atomic E-state index is -0.310. The lowest BCUT2D eigenvalue weighted by molar-refractivity contribution is 0.134. The second-order valence-electron chi connectivity index (χ2n) is 3.26. The molecular formula is C7H13NO2. The van der Waals surface area contributed by atoms with E-state index in [0.717, 1.165) is 12.8 Å². The summed E-state index contributed by atoms with van der Waals surface area (Å²) in [5, 5.41) is 9.15. The summed E-state index contributed by atoms with van der Waals surface area (Å²) in [6, 6.07) is 0. The topological polar surface area (TPSA) is 58.8 Å². The largest absolute Gasteiger partial charge is 0.392 e. The van der Waals surface area contributed by atoms with Gasteiger partial charge in [0.25, 0.3) is 0 Å². The molecule has 0 radical (unpaired) electrons. The standard InChI is InChI=1S/C7H13NO2/c8-3-5(9)1-4-2-6-7(4)10-6/h4-7,9H,1-3,8H2/t4?,5?,6-,7+/m0/s1. The minimum Gasteiger partial charge on any atom is -0.392 e. The van der Waals surface area contributed by atoms with Crippen molar-refractivity contribution in [3.8, 4) is 0 Å². The molecule has 3 heteroatoms. The Labute approximate surface area is 60.2 Å². The van der Waals surface area contributed by atoms with Crippen LogP contribution < -0.4 is 5.73 Å². The molecule has 2 fully saturated rings. The van der Waals surface area contributed by atoms with Crippen LogP contribution in [0.1, 0.15) is 12.8 Å². The summed E-state index contributed by atoms with van der Waals surface area (Å²) < 4.78 is 5.23. The lowest BCUT2D eigenvalue weighted by Crippen LogP contribution is -2.31. The molecule has 2 aliphatic rings. The fourth-order valence-corrected chi connectivity index (χ4v) is 1.67. The normalized spacial score (nSPS) is 45.6. The molecule has 0 aromatic heterocycles. The van der Waals surface area contributed by atoms with E-state index in [9.17, 15) is 0 Å². The number of fused-ring (bicyclic) bond motifs is 1. The SMILES string of the molecule is NCC(O)CC1C[C@@H]2O[C@H]12. The Kier molecular flexibility index (Phi) is 1.44. The van der Waals surface area contributed by atoms with Crippen molar-refractivity contribution in [3.05, 3.63) is 0 Å². The molecule has 4 atom stereocenters. The molecule has 0 amide bonds. The van der Waals surface area contributed by atoms with Gasteiger partial charge in [-0.3, -0.25) is 0 Å². The van der Waals surface area contributed by atoms with E-state index < -0.39 is 0 Å². The summed E-state index contributed by atoms with van der Waals surface area (Å²) in [6.45, 7) is 0.383. The predicted octanol–water partition coefficient (Wildman–Crippen LogP) is -0.517. The maximum absolute atomic E-state index is 9.15. The summed E-state index contributed by atoms with van der Waals surface area (Å²) >= 11 is 0. The van der Waals surface area contributed by atoms with Gasteiger partial charge in [-0.1, -0.05) is 0 Å². The number of ether oxygens (including phenoxy) is 1. The molecule has 1 aliphatic carbocycles. The van der Waals surface area contributed by atoms with Crippen LogP contribution in [0.5, 0.6) is 0 Å². The van der Waals surface area contributed by atoms with Crippen LogP contribution in [0.3, 0.4) is 0 Å². The highest BCUT2D eigenvalue weighted by atomic mass is 16.6. The molecule has 3 nitrogen and oxygen atoms in total. The summed E-state index contributed by atoms with van der Waals surface area (Å²) in [5.74, 6) is 0.601. The lowest BCUT2D eigenvalue weighted by atomic mass is 9.81. The summed E-state index contributed by atoms with van der Waals surface area (Å²) in [5.41, 5.74) is 5.27. The van der Waals surface area contributed by atoms with Crippen molar-refractivity contribution in [1.82, 2.24) is 0 Å². The second-order valence-corrected chi connectivity index (χ2v) is 3.26. The van der Waals surface area contributed by atoms with E-state index in [1.807, 2.05) is 0 Å². The van der Waals surface area contributed by atoms with E-state index in [1.165, 1.54) is 0 Å². The zero-order valence-electron chi connectivity index (χ0n) is 5.86. The van der Waals surface area contributed by atoms with Gasteiger partial charge >= 0.3 is 0 Å². The van der Waals surface area contributed by atoms with E-state index in [-0.39, 0.29) is 6.10 Å². The molecule has 3 N–H and O–H groups in total. The van der Waals surface area contributed by atoms with E-state index in [1.54, 1.807) is 0 Å². The molecule has 58 valence electrons. The van der Waals surface area contributed by atoms with Gasteiger partial charge < -0.3 is 15.6 Å². The Bertz CT molecular complexity index is 140. The van der Waals surface area contributed by atoms with Crippen LogP contribution >= 0.6 is 0 Å². The molecule has 1 saturated heterocycles. The highest BCUT2D eigenvalue weighted by Gasteiger charge is 2.55. The van der Waals surface area contributed by atoms with Crippen molar-refractivity contribution < 1.29 is 9.84 Å². The van der Waals surface area contributed by atoms with Gasteiger partial charge in [0.1, 0.15) is 0 Å². The number of epoxide rings is 1. The molecule has 10 heavy (non-hydrogen) atoms. The third-order valence-corrected chi connectivity index (χ3v) is 2.47. The highest BCUT2D eigenvalue weighted by Crippen LogP contribution is 2.48. The average Bonchev–Trinajstić information content (AvgIpc) is 2.56. The molecule has 2 unspecified atom stereocenters. The van der Waals surface area contributed by atoms with Crippen molar-refractivity contribution in [2.24, 2.45) is 11.7 Å². The first-order valence-electron chi connectivity index (χ1n) is 3.85. The van der Waals surface area contributed by atoms with E-state index in [4.69, 9.17) is 15.6 Å². The van der Waals surface area contributed by atoms with Gasteiger partial charge in [0, 0.05) is 6.54 Å². The van der Waals surface area contributed by atoms with Crippen LogP contribution in [0.2, 0.25) is 0 Å². The van der Waals surface area contributed by atoms with Crippen molar-refractivity contribution in [1.29, 1.82) is 0 Å². The number of aliphatic hydroxyl groups is 1. The van der Waals surface area contributed by atoms with Crippen molar-refractivity contribution in [2.45, 2.75) is 31.2 Å². The molecular weight excluding hydrogens is 130 g/mol. The van der Waals surface area contributed by atoms with Gasteiger partial charge in [-0.15, -0.1) is 0 Å². The van der Waals surface area contributed by atoms with Crippen LogP contribution in [0, 0.1) is 5.92 Å². The first kappa shape index (κ1) is 6.58. The zero-order valence-corrected chi connectivity index (χ0v) is 5.86. The predicted molar refractivity (Wildman–Crippen MR) is 36.4 cm³/mol. The van der Waals surface area contributed by atoms with Crippen molar-refractivity contribution in [3.63, 3.8) is 0 Å². The summed E-state index contributed by atoms with van der Waals surface area (Å²) in [4.78, 5) is 0. The fraction of sp³-hybridized carbons (Fsp3) is 1.00. The second kappa shape index (κ2) is 2.19. The maximum Gasteiger partial charge on any atom is 0.0872 e. The number of hydrogen-bond donors (Lipinski definition) is 2. The van der Waals surface area contributed by atoms with Gasteiger partial charge in [0.05, 0.1) is 18.3 Å². The highest BCUT2D eigenvalue weighted by molar-refractivity contribution is 5.03. The van der Waals surface area contributed by atoms with Gasteiger partial charge in [-0.2, -0.15) is 0 Å². The molecule has 0 aromatic carbocycles. The summed E-state index contributed by atoms with van der Waals surface area (Å²) in [7, 11) is 0. The van der Waals surface area contributed by atoms with Crippen molar-refractivity contribution >= 4 is 0 Å². The van der Waals surface area contributed by atoms with Crippen molar-refractivity contribution in [2.75, 3.05) is 6.54 Å². The summed E-state index contributed by atoms with van der Waals surface area (Å²) in [6.07, 6.45) is 2.70. The van der Waals surface area contributed by atoms with Gasteiger partial charge in [0.15, 0.2) is 0 Å². The maximum atomic E-state index is 9.15. The first-order chi connectivity index (χ1) is 4.81. The van der Waals surface area contributed by atoms with E-state index in [0.29, 0.717) is 24.7 Å². The first-order valence-corrected chi connectivity index (χ1v) is 3.85. The van der Waals surface area contributed by atoms with Crippen LogP contribution in [-0.2, 0) is 4.74 Å². The molecule has 2 rings (SSSR count). The zero-order chi connectivity index (χ0) is 7.14. The Balaban J connectivity index is 1.70. The molecule has 1 aliphatic heterocycles. The van der Waals surface area contributed by atoms with Gasteiger partial charge in [-0.05, 0) is 18.8 Å². The molecule has 0 bridgehead atoms.